The Morgan fingerprint density at radius 1 is 0.308 bits per heavy atom. The minimum atomic E-state index is 0. The van der Waals surface area contributed by atoms with Crippen molar-refractivity contribution in [3.8, 4) is 0 Å². The molecule has 0 saturated heterocycles. The van der Waals surface area contributed by atoms with Gasteiger partial charge in [-0.25, -0.2) is 0 Å². The SMILES string of the molecule is [C-]#N.[C-]#N.[C-]#N.[C-]#N.[C-]#N.[C-]#N.[Co]. The Balaban J connectivity index is -0.00000000655. The molecule has 0 bridgehead atoms. The predicted molar refractivity (Wildman–Crippen MR) is 29.8 cm³/mol. The molecule has 0 spiro atoms. The zero-order chi connectivity index (χ0) is 12.0. The summed E-state index contributed by atoms with van der Waals surface area (Å²) in [5.74, 6) is 0. The summed E-state index contributed by atoms with van der Waals surface area (Å²) in [5.41, 5.74) is 0. The normalized spacial score (nSPS) is 0.923. The summed E-state index contributed by atoms with van der Waals surface area (Å²) in [6, 6.07) is 0. The number of hydrogen-bond acceptors (Lipinski definition) is 6. The van der Waals surface area contributed by atoms with Gasteiger partial charge in [0.1, 0.15) is 0 Å². The molecular weight excluding hydrogens is 215 g/mol. The Labute approximate surface area is 88.3 Å². The van der Waals surface area contributed by atoms with Crippen LogP contribution in [0.1, 0.15) is 0 Å². The van der Waals surface area contributed by atoms with Crippen molar-refractivity contribution in [2.45, 2.75) is 0 Å². The molecule has 0 aliphatic carbocycles. The second kappa shape index (κ2) is 103. The van der Waals surface area contributed by atoms with Crippen LogP contribution in [0.25, 0.3) is 0 Å². The van der Waals surface area contributed by atoms with Crippen molar-refractivity contribution >= 4 is 0 Å². The van der Waals surface area contributed by atoms with Gasteiger partial charge in [0.05, 0.1) is 0 Å². The summed E-state index contributed by atoms with van der Waals surface area (Å²) < 4.78 is 0. The monoisotopic (exact) mass is 215 g/mol. The summed E-state index contributed by atoms with van der Waals surface area (Å²) in [6.07, 6.45) is 0. The van der Waals surface area contributed by atoms with Crippen molar-refractivity contribution in [2.24, 2.45) is 0 Å². The van der Waals surface area contributed by atoms with Crippen molar-refractivity contribution < 1.29 is 16.8 Å². The van der Waals surface area contributed by atoms with Crippen LogP contribution in [0.3, 0.4) is 0 Å². The van der Waals surface area contributed by atoms with Crippen LogP contribution in [0.15, 0.2) is 0 Å². The molecule has 0 atom stereocenters. The number of nitrogens with zero attached hydrogens (tertiary/aromatic N) is 6. The van der Waals surface area contributed by atoms with Gasteiger partial charge in [0, 0.05) is 16.8 Å². The first-order valence-electron chi connectivity index (χ1n) is 1.34. The molecule has 0 aliphatic heterocycles. The molecule has 0 rings (SSSR count). The maximum absolute atomic E-state index is 6.25. The fraction of sp³-hybridized carbons (Fsp3) is 0. The van der Waals surface area contributed by atoms with Gasteiger partial charge in [-0.15, -0.1) is 0 Å². The predicted octanol–water partition coefficient (Wildman–Crippen LogP) is 0.576. The van der Waals surface area contributed by atoms with E-state index in [0.29, 0.717) is 0 Å². The van der Waals surface area contributed by atoms with Crippen molar-refractivity contribution in [2.75, 3.05) is 0 Å². The topological polar surface area (TPSA) is 143 Å². The molecule has 0 aromatic rings. The van der Waals surface area contributed by atoms with Crippen LogP contribution in [0.4, 0.5) is 0 Å². The van der Waals surface area contributed by atoms with Crippen LogP contribution < -0.4 is 0 Å². The van der Waals surface area contributed by atoms with E-state index in [4.69, 9.17) is 71.0 Å². The summed E-state index contributed by atoms with van der Waals surface area (Å²) in [5, 5.41) is 37.5. The number of hydrogen-bond donors (Lipinski definition) is 0. The maximum Gasteiger partial charge on any atom is 0 e. The van der Waals surface area contributed by atoms with Crippen LogP contribution in [0, 0.1) is 71.0 Å². The van der Waals surface area contributed by atoms with Gasteiger partial charge in [0.25, 0.3) is 0 Å². The van der Waals surface area contributed by atoms with Gasteiger partial charge in [-0.05, 0) is 0 Å². The van der Waals surface area contributed by atoms with E-state index in [2.05, 4.69) is 0 Å². The second-order valence-corrected chi connectivity index (χ2v) is 0. The zero-order valence-electron chi connectivity index (χ0n) is 6.02. The first-order valence-corrected chi connectivity index (χ1v) is 1.34. The average molecular weight is 215 g/mol. The van der Waals surface area contributed by atoms with E-state index >= 15 is 0 Å². The van der Waals surface area contributed by atoms with Crippen LogP contribution in [-0.2, 0) is 16.8 Å². The summed E-state index contributed by atoms with van der Waals surface area (Å²) >= 11 is 0. The first-order chi connectivity index (χ1) is 6.00. The van der Waals surface area contributed by atoms with Gasteiger partial charge in [0.15, 0.2) is 0 Å². The third kappa shape index (κ3) is 80.3. The maximum atomic E-state index is 6.25. The molecule has 0 aromatic heterocycles. The van der Waals surface area contributed by atoms with Crippen molar-refractivity contribution in [1.29, 1.82) is 31.6 Å². The first kappa shape index (κ1) is 78.5. The molecule has 0 saturated carbocycles. The molecule has 69 valence electrons. The van der Waals surface area contributed by atoms with Crippen molar-refractivity contribution in [1.82, 2.24) is 0 Å². The van der Waals surface area contributed by atoms with Crippen molar-refractivity contribution in [3.63, 3.8) is 0 Å². The van der Waals surface area contributed by atoms with Crippen LogP contribution in [-0.4, -0.2) is 0 Å². The molecule has 1 radical (unpaired) electrons. The third-order valence-corrected chi connectivity index (χ3v) is 0. The quantitative estimate of drug-likeness (QED) is 0.540. The van der Waals surface area contributed by atoms with E-state index in [-0.39, 0.29) is 16.8 Å². The molecule has 6 nitrogen and oxygen atoms in total. The third-order valence-electron chi connectivity index (χ3n) is 0. The molecule has 0 aliphatic rings. The van der Waals surface area contributed by atoms with Gasteiger partial charge in [-0.1, -0.05) is 0 Å². The van der Waals surface area contributed by atoms with Crippen LogP contribution >= 0.6 is 0 Å². The number of rotatable bonds is 0. The molecular formula is C6CoN6-6. The van der Waals surface area contributed by atoms with E-state index in [9.17, 15) is 0 Å². The largest absolute Gasteiger partial charge is 0.512 e. The van der Waals surface area contributed by atoms with Gasteiger partial charge < -0.3 is 71.0 Å². The molecule has 0 aromatic carbocycles. The summed E-state index contributed by atoms with van der Waals surface area (Å²) in [6.45, 7) is 28.5. The molecule has 7 heteroatoms. The Hall–Kier alpha value is -2.55. The Bertz CT molecular complexity index is 92.1. The molecule has 0 heterocycles. The van der Waals surface area contributed by atoms with Crippen LogP contribution in [0.5, 0.6) is 0 Å². The van der Waals surface area contributed by atoms with Gasteiger partial charge in [-0.2, -0.15) is 0 Å². The smallest absolute Gasteiger partial charge is 0 e. The van der Waals surface area contributed by atoms with Gasteiger partial charge in [0.2, 0.25) is 0 Å². The molecule has 0 N–H and O–H groups in total. The minimum Gasteiger partial charge on any atom is -0.512 e. The minimum absolute atomic E-state index is 0. The van der Waals surface area contributed by atoms with Gasteiger partial charge in [-0.3, -0.25) is 0 Å². The van der Waals surface area contributed by atoms with E-state index in [0.717, 1.165) is 0 Å². The zero-order valence-corrected chi connectivity index (χ0v) is 7.06. The molecule has 0 unspecified atom stereocenters. The summed E-state index contributed by atoms with van der Waals surface area (Å²) in [7, 11) is 0. The summed E-state index contributed by atoms with van der Waals surface area (Å²) in [4.78, 5) is 0. The molecule has 0 fully saturated rings. The van der Waals surface area contributed by atoms with Crippen molar-refractivity contribution in [3.05, 3.63) is 39.4 Å². The van der Waals surface area contributed by atoms with Gasteiger partial charge >= 0.3 is 0 Å². The van der Waals surface area contributed by atoms with Crippen LogP contribution in [0.2, 0.25) is 0 Å². The van der Waals surface area contributed by atoms with E-state index in [1.807, 2.05) is 0 Å². The Morgan fingerprint density at radius 3 is 0.308 bits per heavy atom. The Morgan fingerprint density at radius 2 is 0.308 bits per heavy atom. The Kier molecular flexibility index (Phi) is 624. The second-order valence-electron chi connectivity index (χ2n) is 0. The average Bonchev–Trinajstić information content (AvgIpc) is 2.33. The molecule has 13 heavy (non-hydrogen) atoms. The fourth-order valence-corrected chi connectivity index (χ4v) is 0. The fourth-order valence-electron chi connectivity index (χ4n) is 0. The van der Waals surface area contributed by atoms with E-state index in [1.165, 1.54) is 0 Å². The van der Waals surface area contributed by atoms with E-state index < -0.39 is 0 Å². The molecule has 0 amide bonds. The standard InChI is InChI=1S/6CN.Co/c6*1-2;/q6*-1;. The van der Waals surface area contributed by atoms with E-state index in [1.54, 1.807) is 0 Å².